The van der Waals surface area contributed by atoms with Crippen molar-refractivity contribution in [2.24, 2.45) is 0 Å². The van der Waals surface area contributed by atoms with Crippen molar-refractivity contribution in [3.05, 3.63) is 0 Å². The molecule has 0 saturated carbocycles. The maximum Gasteiger partial charge on any atom is 0.231 e. The summed E-state index contributed by atoms with van der Waals surface area (Å²) >= 11 is 0. The van der Waals surface area contributed by atoms with Gasteiger partial charge in [-0.15, -0.1) is 0 Å². The van der Waals surface area contributed by atoms with Crippen molar-refractivity contribution in [3.63, 3.8) is 0 Å². The summed E-state index contributed by atoms with van der Waals surface area (Å²) in [4.78, 5) is 20.1. The van der Waals surface area contributed by atoms with Crippen LogP contribution in [0.3, 0.4) is 0 Å². The molecule has 21 heavy (non-hydrogen) atoms. The Kier molecular flexibility index (Phi) is 5.55. The summed E-state index contributed by atoms with van der Waals surface area (Å²) in [5, 5.41) is 3.04. The van der Waals surface area contributed by atoms with Crippen molar-refractivity contribution in [2.45, 2.75) is 19.3 Å². The molecular formula is C14H27N7. The van der Waals surface area contributed by atoms with Gasteiger partial charge in [0.1, 0.15) is 0 Å². The quantitative estimate of drug-likeness (QED) is 0.801. The van der Waals surface area contributed by atoms with Gasteiger partial charge in [-0.3, -0.25) is 0 Å². The van der Waals surface area contributed by atoms with Crippen LogP contribution in [-0.2, 0) is 0 Å². The summed E-state index contributed by atoms with van der Waals surface area (Å²) in [6, 6.07) is 0. The van der Waals surface area contributed by atoms with Crippen molar-refractivity contribution in [1.82, 2.24) is 19.9 Å². The van der Waals surface area contributed by atoms with E-state index in [1.54, 1.807) is 0 Å². The van der Waals surface area contributed by atoms with E-state index in [9.17, 15) is 0 Å². The summed E-state index contributed by atoms with van der Waals surface area (Å²) in [6.45, 7) is 4.08. The summed E-state index contributed by atoms with van der Waals surface area (Å²) in [7, 11) is 8.07. The van der Waals surface area contributed by atoms with Crippen molar-refractivity contribution in [3.8, 4) is 0 Å². The smallest absolute Gasteiger partial charge is 0.231 e. The molecule has 2 heterocycles. The molecule has 7 nitrogen and oxygen atoms in total. The molecule has 0 atom stereocenters. The Morgan fingerprint density at radius 2 is 1.76 bits per heavy atom. The van der Waals surface area contributed by atoms with E-state index in [2.05, 4.69) is 49.1 Å². The van der Waals surface area contributed by atoms with Gasteiger partial charge in [0.25, 0.3) is 0 Å². The zero-order valence-corrected chi connectivity index (χ0v) is 13.6. The standard InChI is InChI=1S/C14H27N7/c1-15-12-16-13(20(4)9-7-8-19(2)3)18-14(17-12)21-10-5-6-11-21/h5-11H2,1-4H3,(H,15,16,17,18). The molecule has 1 aromatic heterocycles. The molecule has 1 aromatic rings. The topological polar surface area (TPSA) is 60.4 Å². The fourth-order valence-corrected chi connectivity index (χ4v) is 2.42. The number of anilines is 3. The first-order valence-corrected chi connectivity index (χ1v) is 7.65. The molecule has 0 bridgehead atoms. The second-order valence-electron chi connectivity index (χ2n) is 5.78. The molecule has 0 aliphatic carbocycles. The second-order valence-corrected chi connectivity index (χ2v) is 5.78. The highest BCUT2D eigenvalue weighted by atomic mass is 15.4. The van der Waals surface area contributed by atoms with Crippen LogP contribution in [0.1, 0.15) is 19.3 Å². The zero-order valence-electron chi connectivity index (χ0n) is 13.6. The maximum absolute atomic E-state index is 4.64. The summed E-state index contributed by atoms with van der Waals surface area (Å²) in [5.74, 6) is 2.18. The maximum atomic E-state index is 4.64. The third kappa shape index (κ3) is 4.42. The predicted molar refractivity (Wildman–Crippen MR) is 87.3 cm³/mol. The molecule has 118 valence electrons. The van der Waals surface area contributed by atoms with Crippen molar-refractivity contribution in [2.75, 3.05) is 69.5 Å². The van der Waals surface area contributed by atoms with E-state index in [0.717, 1.165) is 44.5 Å². The fourth-order valence-electron chi connectivity index (χ4n) is 2.42. The van der Waals surface area contributed by atoms with Crippen LogP contribution >= 0.6 is 0 Å². The summed E-state index contributed by atoms with van der Waals surface area (Å²) < 4.78 is 0. The van der Waals surface area contributed by atoms with E-state index in [1.165, 1.54) is 12.8 Å². The minimum Gasteiger partial charge on any atom is -0.357 e. The predicted octanol–water partition coefficient (Wildman–Crippen LogP) is 0.901. The molecule has 0 radical (unpaired) electrons. The number of hydrogen-bond donors (Lipinski definition) is 1. The fraction of sp³-hybridized carbons (Fsp3) is 0.786. The van der Waals surface area contributed by atoms with Crippen LogP contribution in [0.15, 0.2) is 0 Å². The number of hydrogen-bond acceptors (Lipinski definition) is 7. The second kappa shape index (κ2) is 7.40. The lowest BCUT2D eigenvalue weighted by Gasteiger charge is -2.21. The molecule has 0 spiro atoms. The van der Waals surface area contributed by atoms with Gasteiger partial charge in [0, 0.05) is 33.7 Å². The molecule has 1 aliphatic rings. The number of aromatic nitrogens is 3. The molecule has 0 aromatic carbocycles. The van der Waals surface area contributed by atoms with Crippen LogP contribution < -0.4 is 15.1 Å². The Hall–Kier alpha value is -1.63. The molecule has 1 saturated heterocycles. The van der Waals surface area contributed by atoms with Crippen molar-refractivity contribution >= 4 is 17.8 Å². The molecule has 1 fully saturated rings. The third-order valence-electron chi connectivity index (χ3n) is 3.66. The van der Waals surface area contributed by atoms with Gasteiger partial charge in [0.05, 0.1) is 0 Å². The highest BCUT2D eigenvalue weighted by Gasteiger charge is 2.18. The average molecular weight is 293 g/mol. The van der Waals surface area contributed by atoms with Crippen LogP contribution in [0.4, 0.5) is 17.8 Å². The first-order valence-electron chi connectivity index (χ1n) is 7.65. The minimum atomic E-state index is 0.640. The van der Waals surface area contributed by atoms with Gasteiger partial charge >= 0.3 is 0 Å². The van der Waals surface area contributed by atoms with Gasteiger partial charge in [-0.25, -0.2) is 0 Å². The number of nitrogens with one attached hydrogen (secondary N) is 1. The zero-order chi connectivity index (χ0) is 15.2. The lowest BCUT2D eigenvalue weighted by atomic mass is 10.4. The first kappa shape index (κ1) is 15.8. The van der Waals surface area contributed by atoms with Crippen LogP contribution in [0, 0.1) is 0 Å². The Bertz CT molecular complexity index is 443. The van der Waals surface area contributed by atoms with E-state index < -0.39 is 0 Å². The summed E-state index contributed by atoms with van der Waals surface area (Å²) in [6.07, 6.45) is 3.52. The lowest BCUT2D eigenvalue weighted by molar-refractivity contribution is 0.401. The first-order chi connectivity index (χ1) is 10.1. The lowest BCUT2D eigenvalue weighted by Crippen LogP contribution is -2.27. The average Bonchev–Trinajstić information content (AvgIpc) is 3.00. The Morgan fingerprint density at radius 1 is 1.05 bits per heavy atom. The van der Waals surface area contributed by atoms with E-state index in [1.807, 2.05) is 14.1 Å². The SMILES string of the molecule is CNc1nc(N(C)CCCN(C)C)nc(N2CCCC2)n1. The van der Waals surface area contributed by atoms with E-state index >= 15 is 0 Å². The van der Waals surface area contributed by atoms with Crippen LogP contribution in [0.2, 0.25) is 0 Å². The Labute approximate surface area is 127 Å². The third-order valence-corrected chi connectivity index (χ3v) is 3.66. The summed E-state index contributed by atoms with van der Waals surface area (Å²) in [5.41, 5.74) is 0. The molecule has 7 heteroatoms. The van der Waals surface area contributed by atoms with Crippen LogP contribution in [-0.4, -0.2) is 74.2 Å². The highest BCUT2D eigenvalue weighted by Crippen LogP contribution is 2.19. The molecule has 1 aliphatic heterocycles. The van der Waals surface area contributed by atoms with Crippen LogP contribution in [0.5, 0.6) is 0 Å². The normalized spacial score (nSPS) is 14.8. The molecule has 1 N–H and O–H groups in total. The van der Waals surface area contributed by atoms with E-state index in [-0.39, 0.29) is 0 Å². The van der Waals surface area contributed by atoms with Gasteiger partial charge in [-0.1, -0.05) is 0 Å². The molecule has 2 rings (SSSR count). The monoisotopic (exact) mass is 293 g/mol. The van der Waals surface area contributed by atoms with E-state index in [0.29, 0.717) is 5.95 Å². The van der Waals surface area contributed by atoms with Gasteiger partial charge in [-0.05, 0) is 39.9 Å². The molecule has 0 amide bonds. The highest BCUT2D eigenvalue weighted by molar-refractivity contribution is 5.45. The van der Waals surface area contributed by atoms with Gasteiger partial charge in [-0.2, -0.15) is 15.0 Å². The van der Waals surface area contributed by atoms with E-state index in [4.69, 9.17) is 0 Å². The number of nitrogens with zero attached hydrogens (tertiary/aromatic N) is 6. The largest absolute Gasteiger partial charge is 0.357 e. The van der Waals surface area contributed by atoms with Gasteiger partial charge < -0.3 is 20.0 Å². The van der Waals surface area contributed by atoms with Crippen LogP contribution in [0.25, 0.3) is 0 Å². The van der Waals surface area contributed by atoms with Gasteiger partial charge in [0.15, 0.2) is 0 Å². The molecule has 0 unspecified atom stereocenters. The Balaban J connectivity index is 2.08. The van der Waals surface area contributed by atoms with Gasteiger partial charge in [0.2, 0.25) is 17.8 Å². The van der Waals surface area contributed by atoms with Crippen molar-refractivity contribution in [1.29, 1.82) is 0 Å². The van der Waals surface area contributed by atoms with Crippen molar-refractivity contribution < 1.29 is 0 Å². The number of rotatable bonds is 7. The molecular weight excluding hydrogens is 266 g/mol. The Morgan fingerprint density at radius 3 is 2.38 bits per heavy atom. The minimum absolute atomic E-state index is 0.640.